The van der Waals surface area contributed by atoms with Crippen LogP contribution in [0.5, 0.6) is 11.5 Å². The first-order valence-electron chi connectivity index (χ1n) is 7.14. The monoisotopic (exact) mass is 284 g/mol. The summed E-state index contributed by atoms with van der Waals surface area (Å²) in [6.07, 6.45) is 2.00. The first-order valence-corrected chi connectivity index (χ1v) is 7.14. The summed E-state index contributed by atoms with van der Waals surface area (Å²) in [5.74, 6) is 1.21. The minimum absolute atomic E-state index is 0.213. The van der Waals surface area contributed by atoms with Crippen molar-refractivity contribution in [3.05, 3.63) is 59.7 Å². The molecule has 0 radical (unpaired) electrons. The Morgan fingerprint density at radius 3 is 2.05 bits per heavy atom. The molecule has 0 bridgehead atoms. The van der Waals surface area contributed by atoms with Crippen LogP contribution < -0.4 is 9.47 Å². The lowest BCUT2D eigenvalue weighted by atomic mass is 10.1. The van der Waals surface area contributed by atoms with Crippen molar-refractivity contribution in [1.29, 1.82) is 0 Å². The van der Waals surface area contributed by atoms with Crippen LogP contribution in [0.2, 0.25) is 0 Å². The molecule has 0 amide bonds. The van der Waals surface area contributed by atoms with Gasteiger partial charge in [0.1, 0.15) is 11.5 Å². The van der Waals surface area contributed by atoms with Crippen LogP contribution in [0.3, 0.4) is 0 Å². The molecule has 2 aromatic rings. The van der Waals surface area contributed by atoms with E-state index in [1.54, 1.807) is 7.11 Å². The van der Waals surface area contributed by atoms with Gasteiger partial charge in [-0.1, -0.05) is 31.2 Å². The van der Waals surface area contributed by atoms with Crippen LogP contribution in [0, 0.1) is 0 Å². The van der Waals surface area contributed by atoms with Gasteiger partial charge < -0.3 is 9.47 Å². The molecule has 0 aliphatic heterocycles. The number of hydrogen-bond acceptors (Lipinski definition) is 3. The van der Waals surface area contributed by atoms with Crippen LogP contribution in [0.25, 0.3) is 0 Å². The zero-order chi connectivity index (χ0) is 15.1. The number of aryl methyl sites for hydroxylation is 2. The van der Waals surface area contributed by atoms with E-state index < -0.39 is 0 Å². The predicted octanol–water partition coefficient (Wildman–Crippen LogP) is 3.80. The van der Waals surface area contributed by atoms with Gasteiger partial charge in [0.05, 0.1) is 7.11 Å². The zero-order valence-electron chi connectivity index (χ0n) is 12.5. The second kappa shape index (κ2) is 7.48. The van der Waals surface area contributed by atoms with Crippen molar-refractivity contribution < 1.29 is 14.3 Å². The molecule has 3 nitrogen and oxygen atoms in total. The molecule has 2 aromatic carbocycles. The Morgan fingerprint density at radius 1 is 0.905 bits per heavy atom. The van der Waals surface area contributed by atoms with Gasteiger partial charge in [0.2, 0.25) is 0 Å². The molecule has 0 heterocycles. The van der Waals surface area contributed by atoms with Crippen LogP contribution in [0.4, 0.5) is 0 Å². The maximum atomic E-state index is 11.8. The van der Waals surface area contributed by atoms with Gasteiger partial charge in [0.25, 0.3) is 0 Å². The summed E-state index contributed by atoms with van der Waals surface area (Å²) >= 11 is 0. The molecule has 21 heavy (non-hydrogen) atoms. The number of esters is 1. The normalized spacial score (nSPS) is 10.2. The van der Waals surface area contributed by atoms with Crippen molar-refractivity contribution in [1.82, 2.24) is 0 Å². The van der Waals surface area contributed by atoms with Crippen LogP contribution in [-0.4, -0.2) is 13.1 Å². The maximum Gasteiger partial charge on any atom is 0.311 e. The van der Waals surface area contributed by atoms with Crippen molar-refractivity contribution in [3.63, 3.8) is 0 Å². The molecule has 0 fully saturated rings. The molecule has 0 spiro atoms. The number of carbonyl (C=O) groups excluding carboxylic acids is 1. The molecule has 0 N–H and O–H groups in total. The quantitative estimate of drug-likeness (QED) is 0.598. The molecule has 110 valence electrons. The molecule has 0 aliphatic carbocycles. The summed E-state index contributed by atoms with van der Waals surface area (Å²) in [4.78, 5) is 11.8. The Bertz CT molecular complexity index is 570. The van der Waals surface area contributed by atoms with Crippen molar-refractivity contribution >= 4 is 5.97 Å². The first kappa shape index (κ1) is 15.1. The number of rotatable bonds is 6. The van der Waals surface area contributed by atoms with E-state index in [0.29, 0.717) is 18.6 Å². The molecule has 0 saturated heterocycles. The summed E-state index contributed by atoms with van der Waals surface area (Å²) in [7, 11) is 1.64. The van der Waals surface area contributed by atoms with E-state index in [1.165, 1.54) is 5.56 Å². The molecule has 0 aromatic heterocycles. The van der Waals surface area contributed by atoms with E-state index in [9.17, 15) is 4.79 Å². The SMILES string of the molecule is CCc1ccc(OC(=O)CCc2ccc(OC)cc2)cc1. The highest BCUT2D eigenvalue weighted by atomic mass is 16.5. The van der Waals surface area contributed by atoms with Crippen LogP contribution in [0.15, 0.2) is 48.5 Å². The molecular formula is C18H20O3. The average Bonchev–Trinajstić information content (AvgIpc) is 2.54. The standard InChI is InChI=1S/C18H20O3/c1-3-14-4-11-17(12-5-14)21-18(19)13-8-15-6-9-16(20-2)10-7-15/h4-7,9-12H,3,8,13H2,1-2H3. The van der Waals surface area contributed by atoms with E-state index in [-0.39, 0.29) is 5.97 Å². The summed E-state index contributed by atoms with van der Waals surface area (Å²) in [6, 6.07) is 15.3. The largest absolute Gasteiger partial charge is 0.497 e. The second-order valence-corrected chi connectivity index (χ2v) is 4.82. The second-order valence-electron chi connectivity index (χ2n) is 4.82. The van der Waals surface area contributed by atoms with E-state index in [2.05, 4.69) is 6.92 Å². The van der Waals surface area contributed by atoms with Gasteiger partial charge in [-0.25, -0.2) is 0 Å². The van der Waals surface area contributed by atoms with Gasteiger partial charge in [-0.2, -0.15) is 0 Å². The van der Waals surface area contributed by atoms with Gasteiger partial charge in [0.15, 0.2) is 0 Å². The average molecular weight is 284 g/mol. The van der Waals surface area contributed by atoms with Gasteiger partial charge in [-0.3, -0.25) is 4.79 Å². The van der Waals surface area contributed by atoms with Gasteiger partial charge in [-0.15, -0.1) is 0 Å². The number of hydrogen-bond donors (Lipinski definition) is 0. The van der Waals surface area contributed by atoms with Gasteiger partial charge in [0, 0.05) is 6.42 Å². The molecule has 0 saturated carbocycles. The fourth-order valence-electron chi connectivity index (χ4n) is 2.01. The molecule has 0 aliphatic rings. The van der Waals surface area contributed by atoms with Crippen molar-refractivity contribution in [3.8, 4) is 11.5 Å². The third-order valence-electron chi connectivity index (χ3n) is 3.34. The van der Waals surface area contributed by atoms with E-state index in [4.69, 9.17) is 9.47 Å². The smallest absolute Gasteiger partial charge is 0.311 e. The predicted molar refractivity (Wildman–Crippen MR) is 82.8 cm³/mol. The van der Waals surface area contributed by atoms with Crippen molar-refractivity contribution in [2.45, 2.75) is 26.2 Å². The van der Waals surface area contributed by atoms with E-state index in [0.717, 1.165) is 17.7 Å². The fraction of sp³-hybridized carbons (Fsp3) is 0.278. The highest BCUT2D eigenvalue weighted by Gasteiger charge is 2.06. The molecule has 0 atom stereocenters. The third-order valence-corrected chi connectivity index (χ3v) is 3.34. The first-order chi connectivity index (χ1) is 10.2. The minimum Gasteiger partial charge on any atom is -0.497 e. The number of ether oxygens (including phenoxy) is 2. The topological polar surface area (TPSA) is 35.5 Å². The minimum atomic E-state index is -0.213. The zero-order valence-corrected chi connectivity index (χ0v) is 12.5. The fourth-order valence-corrected chi connectivity index (χ4v) is 2.01. The Labute approximate surface area is 125 Å². The summed E-state index contributed by atoms with van der Waals surface area (Å²) in [6.45, 7) is 2.09. The van der Waals surface area contributed by atoms with Gasteiger partial charge in [-0.05, 0) is 48.2 Å². The highest BCUT2D eigenvalue weighted by molar-refractivity contribution is 5.72. The molecule has 3 heteroatoms. The highest BCUT2D eigenvalue weighted by Crippen LogP contribution is 2.15. The molecule has 2 rings (SSSR count). The number of carbonyl (C=O) groups is 1. The Morgan fingerprint density at radius 2 is 1.48 bits per heavy atom. The summed E-state index contributed by atoms with van der Waals surface area (Å²) < 4.78 is 10.4. The molecule has 0 unspecified atom stereocenters. The van der Waals surface area contributed by atoms with Gasteiger partial charge >= 0.3 is 5.97 Å². The lowest BCUT2D eigenvalue weighted by Gasteiger charge is -2.06. The summed E-state index contributed by atoms with van der Waals surface area (Å²) in [5, 5.41) is 0. The summed E-state index contributed by atoms with van der Waals surface area (Å²) in [5.41, 5.74) is 2.32. The van der Waals surface area contributed by atoms with Crippen molar-refractivity contribution in [2.24, 2.45) is 0 Å². The van der Waals surface area contributed by atoms with Crippen LogP contribution in [0.1, 0.15) is 24.5 Å². The van der Waals surface area contributed by atoms with E-state index in [1.807, 2.05) is 48.5 Å². The maximum absolute atomic E-state index is 11.8. The van der Waals surface area contributed by atoms with Crippen LogP contribution >= 0.6 is 0 Å². The number of methoxy groups -OCH3 is 1. The van der Waals surface area contributed by atoms with E-state index >= 15 is 0 Å². The Balaban J connectivity index is 1.83. The molecular weight excluding hydrogens is 264 g/mol. The van der Waals surface area contributed by atoms with Crippen molar-refractivity contribution in [2.75, 3.05) is 7.11 Å². The van der Waals surface area contributed by atoms with Crippen LogP contribution in [-0.2, 0) is 17.6 Å². The lowest BCUT2D eigenvalue weighted by Crippen LogP contribution is -2.09. The Hall–Kier alpha value is -2.29. The number of benzene rings is 2. The lowest BCUT2D eigenvalue weighted by molar-refractivity contribution is -0.134. The third kappa shape index (κ3) is 4.63. The Kier molecular flexibility index (Phi) is 5.38.